The molecule has 0 bridgehead atoms. The number of halogens is 1. The van der Waals surface area contributed by atoms with E-state index in [-0.39, 0.29) is 12.6 Å². The van der Waals surface area contributed by atoms with Crippen LogP contribution in [0.25, 0.3) is 11.3 Å². The Morgan fingerprint density at radius 1 is 1.53 bits per heavy atom. The van der Waals surface area contributed by atoms with Crippen molar-refractivity contribution in [2.24, 2.45) is 0 Å². The van der Waals surface area contributed by atoms with Crippen LogP contribution in [0.2, 0.25) is 5.02 Å². The summed E-state index contributed by atoms with van der Waals surface area (Å²) in [7, 11) is 0. The molecule has 2 heterocycles. The third-order valence-electron chi connectivity index (χ3n) is 2.68. The van der Waals surface area contributed by atoms with E-state index in [4.69, 9.17) is 16.3 Å². The van der Waals surface area contributed by atoms with Gasteiger partial charge in [0.25, 0.3) is 0 Å². The van der Waals surface area contributed by atoms with E-state index in [1.807, 2.05) is 19.1 Å². The summed E-state index contributed by atoms with van der Waals surface area (Å²) in [6, 6.07) is 3.73. The highest BCUT2D eigenvalue weighted by Gasteiger charge is 2.14. The molecule has 0 unspecified atom stereocenters. The van der Waals surface area contributed by atoms with Gasteiger partial charge in [-0.05, 0) is 19.1 Å². The van der Waals surface area contributed by atoms with Crippen LogP contribution >= 0.6 is 11.6 Å². The van der Waals surface area contributed by atoms with E-state index in [0.29, 0.717) is 17.3 Å². The summed E-state index contributed by atoms with van der Waals surface area (Å²) in [5.74, 6) is -0.302. The molecule has 2 aromatic heterocycles. The maximum Gasteiger partial charge on any atom is 0.302 e. The molecule has 6 heteroatoms. The van der Waals surface area contributed by atoms with Gasteiger partial charge in [0.05, 0.1) is 17.3 Å². The van der Waals surface area contributed by atoms with Crippen LogP contribution in [0.5, 0.6) is 0 Å². The van der Waals surface area contributed by atoms with Crippen LogP contribution < -0.4 is 0 Å². The maximum atomic E-state index is 10.7. The first-order valence-electron chi connectivity index (χ1n) is 5.86. The predicted molar refractivity (Wildman–Crippen MR) is 71.8 cm³/mol. The third-order valence-corrected chi connectivity index (χ3v) is 3.13. The van der Waals surface area contributed by atoms with Crippen molar-refractivity contribution in [3.8, 4) is 11.3 Å². The third kappa shape index (κ3) is 3.12. The number of pyridine rings is 1. The van der Waals surface area contributed by atoms with Gasteiger partial charge in [-0.15, -0.1) is 0 Å². The van der Waals surface area contributed by atoms with Gasteiger partial charge in [-0.2, -0.15) is 5.10 Å². The second-order valence-electron chi connectivity index (χ2n) is 4.05. The van der Waals surface area contributed by atoms with Gasteiger partial charge in [0.15, 0.2) is 0 Å². The van der Waals surface area contributed by atoms with Crippen LogP contribution in [0.4, 0.5) is 0 Å². The van der Waals surface area contributed by atoms with E-state index >= 15 is 0 Å². The monoisotopic (exact) mass is 279 g/mol. The zero-order chi connectivity index (χ0) is 13.8. The molecule has 5 nitrogen and oxygen atoms in total. The SMILES string of the molecule is CC(=O)OCCn1nc(-c2cccnc2)c(Cl)c1C. The largest absolute Gasteiger partial charge is 0.464 e. The number of rotatable bonds is 4. The van der Waals surface area contributed by atoms with E-state index in [9.17, 15) is 4.79 Å². The number of ether oxygens (including phenoxy) is 1. The molecule has 0 amide bonds. The molecule has 0 saturated carbocycles. The van der Waals surface area contributed by atoms with Crippen molar-refractivity contribution in [2.75, 3.05) is 6.61 Å². The lowest BCUT2D eigenvalue weighted by Crippen LogP contribution is -2.11. The summed E-state index contributed by atoms with van der Waals surface area (Å²) in [5, 5.41) is 5.02. The van der Waals surface area contributed by atoms with Gasteiger partial charge in [-0.1, -0.05) is 11.6 Å². The van der Waals surface area contributed by atoms with Crippen LogP contribution in [-0.4, -0.2) is 27.3 Å². The van der Waals surface area contributed by atoms with E-state index in [1.54, 1.807) is 17.1 Å². The van der Waals surface area contributed by atoms with Crippen molar-refractivity contribution in [2.45, 2.75) is 20.4 Å². The van der Waals surface area contributed by atoms with Crippen molar-refractivity contribution >= 4 is 17.6 Å². The molecule has 0 aromatic carbocycles. The first kappa shape index (κ1) is 13.5. The predicted octanol–water partition coefficient (Wildman–Crippen LogP) is 2.47. The average molecular weight is 280 g/mol. The van der Waals surface area contributed by atoms with E-state index < -0.39 is 0 Å². The van der Waals surface area contributed by atoms with E-state index in [1.165, 1.54) is 6.92 Å². The first-order valence-corrected chi connectivity index (χ1v) is 6.24. The Bertz CT molecular complexity index is 581. The Labute approximate surface area is 116 Å². The molecule has 2 aromatic rings. The topological polar surface area (TPSA) is 57.0 Å². The van der Waals surface area contributed by atoms with Gasteiger partial charge in [-0.3, -0.25) is 14.5 Å². The molecule has 0 saturated heterocycles. The average Bonchev–Trinajstić information content (AvgIpc) is 2.68. The molecular formula is C13H14ClN3O2. The Morgan fingerprint density at radius 3 is 2.95 bits per heavy atom. The highest BCUT2D eigenvalue weighted by atomic mass is 35.5. The number of nitrogens with zero attached hydrogens (tertiary/aromatic N) is 3. The lowest BCUT2D eigenvalue weighted by atomic mass is 10.2. The summed E-state index contributed by atoms with van der Waals surface area (Å²) in [6.45, 7) is 4.01. The minimum Gasteiger partial charge on any atom is -0.464 e. The number of aromatic nitrogens is 3. The molecular weight excluding hydrogens is 266 g/mol. The molecule has 0 atom stereocenters. The minimum absolute atomic E-state index is 0.278. The molecule has 0 radical (unpaired) electrons. The molecule has 0 N–H and O–H groups in total. The van der Waals surface area contributed by atoms with Gasteiger partial charge in [0.2, 0.25) is 0 Å². The second kappa shape index (κ2) is 5.84. The number of hydrogen-bond acceptors (Lipinski definition) is 4. The number of esters is 1. The second-order valence-corrected chi connectivity index (χ2v) is 4.43. The van der Waals surface area contributed by atoms with Crippen molar-refractivity contribution < 1.29 is 9.53 Å². The van der Waals surface area contributed by atoms with Crippen molar-refractivity contribution in [3.05, 3.63) is 35.2 Å². The van der Waals surface area contributed by atoms with Crippen molar-refractivity contribution in [1.82, 2.24) is 14.8 Å². The van der Waals surface area contributed by atoms with Gasteiger partial charge in [0, 0.05) is 24.9 Å². The first-order chi connectivity index (χ1) is 9.09. The lowest BCUT2D eigenvalue weighted by Gasteiger charge is -2.04. The van der Waals surface area contributed by atoms with Gasteiger partial charge >= 0.3 is 5.97 Å². The summed E-state index contributed by atoms with van der Waals surface area (Å²) in [6.07, 6.45) is 3.41. The lowest BCUT2D eigenvalue weighted by molar-refractivity contribution is -0.141. The molecule has 0 aliphatic heterocycles. The normalized spacial score (nSPS) is 10.5. The number of hydrogen-bond donors (Lipinski definition) is 0. The fourth-order valence-corrected chi connectivity index (χ4v) is 1.95. The smallest absolute Gasteiger partial charge is 0.302 e. The summed E-state index contributed by atoms with van der Waals surface area (Å²) in [5.41, 5.74) is 2.39. The maximum absolute atomic E-state index is 10.7. The summed E-state index contributed by atoms with van der Waals surface area (Å²) >= 11 is 6.27. The molecule has 0 aliphatic rings. The highest BCUT2D eigenvalue weighted by Crippen LogP contribution is 2.28. The zero-order valence-corrected chi connectivity index (χ0v) is 11.5. The Balaban J connectivity index is 2.21. The number of carbonyl (C=O) groups is 1. The molecule has 2 rings (SSSR count). The molecule has 100 valence electrons. The van der Waals surface area contributed by atoms with Gasteiger partial charge < -0.3 is 4.74 Å². The zero-order valence-electron chi connectivity index (χ0n) is 10.8. The molecule has 0 fully saturated rings. The van der Waals surface area contributed by atoms with Gasteiger partial charge in [-0.25, -0.2) is 0 Å². The Kier molecular flexibility index (Phi) is 4.16. The fraction of sp³-hybridized carbons (Fsp3) is 0.308. The van der Waals surface area contributed by atoms with Crippen LogP contribution in [0, 0.1) is 6.92 Å². The highest BCUT2D eigenvalue weighted by molar-refractivity contribution is 6.33. The minimum atomic E-state index is -0.302. The van der Waals surface area contributed by atoms with E-state index in [0.717, 1.165) is 11.3 Å². The van der Waals surface area contributed by atoms with Crippen LogP contribution in [0.1, 0.15) is 12.6 Å². The van der Waals surface area contributed by atoms with Gasteiger partial charge in [0.1, 0.15) is 12.3 Å². The summed E-state index contributed by atoms with van der Waals surface area (Å²) in [4.78, 5) is 14.8. The quantitative estimate of drug-likeness (QED) is 0.807. The van der Waals surface area contributed by atoms with Crippen LogP contribution in [-0.2, 0) is 16.1 Å². The van der Waals surface area contributed by atoms with Crippen LogP contribution in [0.15, 0.2) is 24.5 Å². The van der Waals surface area contributed by atoms with Crippen molar-refractivity contribution in [3.63, 3.8) is 0 Å². The summed E-state index contributed by atoms with van der Waals surface area (Å²) < 4.78 is 6.63. The molecule has 0 aliphatic carbocycles. The van der Waals surface area contributed by atoms with Crippen molar-refractivity contribution in [1.29, 1.82) is 0 Å². The molecule has 19 heavy (non-hydrogen) atoms. The number of carbonyl (C=O) groups excluding carboxylic acids is 1. The molecule has 0 spiro atoms. The van der Waals surface area contributed by atoms with E-state index in [2.05, 4.69) is 10.1 Å². The standard InChI is InChI=1S/C13H14ClN3O2/c1-9-12(14)13(11-4-3-5-15-8-11)16-17(9)6-7-19-10(2)18/h3-5,8H,6-7H2,1-2H3. The Hall–Kier alpha value is -1.88. The Morgan fingerprint density at radius 2 is 2.32 bits per heavy atom. The fourth-order valence-electron chi connectivity index (χ4n) is 1.71. The van der Waals surface area contributed by atoms with Crippen LogP contribution in [0.3, 0.4) is 0 Å².